The monoisotopic (exact) mass is 331 g/mol. The van der Waals surface area contributed by atoms with E-state index in [0.29, 0.717) is 5.91 Å². The number of aromatic nitrogens is 2. The van der Waals surface area contributed by atoms with Crippen LogP contribution in [0.3, 0.4) is 0 Å². The zero-order chi connectivity index (χ0) is 16.7. The second-order valence-corrected chi connectivity index (χ2v) is 7.75. The van der Waals surface area contributed by atoms with Gasteiger partial charge < -0.3 is 10.2 Å². The Kier molecular flexibility index (Phi) is 4.35. The third kappa shape index (κ3) is 3.09. The SMILES string of the molecule is Cc1c([C@H]2CNC[C@@H]2C(=O)N2CCN(CC3CC3)CC2)cnn1C. The molecule has 6 nitrogen and oxygen atoms in total. The largest absolute Gasteiger partial charge is 0.340 e. The van der Waals surface area contributed by atoms with Gasteiger partial charge in [0.15, 0.2) is 0 Å². The molecule has 0 aromatic carbocycles. The summed E-state index contributed by atoms with van der Waals surface area (Å²) in [5, 5.41) is 7.79. The second-order valence-electron chi connectivity index (χ2n) is 7.75. The van der Waals surface area contributed by atoms with Crippen LogP contribution < -0.4 is 5.32 Å². The number of nitrogens with zero attached hydrogens (tertiary/aromatic N) is 4. The normalized spacial score (nSPS) is 28.5. The first kappa shape index (κ1) is 16.1. The minimum atomic E-state index is 0.0582. The van der Waals surface area contributed by atoms with Gasteiger partial charge in [-0.05, 0) is 31.2 Å². The molecule has 132 valence electrons. The number of carbonyl (C=O) groups excluding carboxylic acids is 1. The highest BCUT2D eigenvalue weighted by Gasteiger charge is 2.38. The molecule has 0 radical (unpaired) electrons. The quantitative estimate of drug-likeness (QED) is 0.877. The Morgan fingerprint density at radius 2 is 2.00 bits per heavy atom. The number of hydrogen-bond acceptors (Lipinski definition) is 4. The highest BCUT2D eigenvalue weighted by Crippen LogP contribution is 2.32. The molecule has 2 saturated heterocycles. The molecule has 2 aliphatic heterocycles. The smallest absolute Gasteiger partial charge is 0.227 e. The number of aryl methyl sites for hydroxylation is 1. The summed E-state index contributed by atoms with van der Waals surface area (Å²) in [5.74, 6) is 1.59. The molecule has 1 aromatic rings. The van der Waals surface area contributed by atoms with Gasteiger partial charge in [-0.1, -0.05) is 0 Å². The lowest BCUT2D eigenvalue weighted by atomic mass is 9.88. The molecular weight excluding hydrogens is 302 g/mol. The van der Waals surface area contributed by atoms with E-state index in [9.17, 15) is 4.79 Å². The van der Waals surface area contributed by atoms with Crippen molar-refractivity contribution in [3.8, 4) is 0 Å². The molecule has 0 bridgehead atoms. The third-order valence-electron chi connectivity index (χ3n) is 6.10. The maximum absolute atomic E-state index is 13.1. The minimum Gasteiger partial charge on any atom is -0.340 e. The van der Waals surface area contributed by atoms with Crippen LogP contribution in [-0.2, 0) is 11.8 Å². The molecule has 24 heavy (non-hydrogen) atoms. The predicted molar refractivity (Wildman–Crippen MR) is 92.8 cm³/mol. The minimum absolute atomic E-state index is 0.0582. The Morgan fingerprint density at radius 3 is 2.62 bits per heavy atom. The first-order valence-corrected chi connectivity index (χ1v) is 9.34. The van der Waals surface area contributed by atoms with Gasteiger partial charge in [0.05, 0.1) is 12.1 Å². The van der Waals surface area contributed by atoms with Crippen LogP contribution in [0.15, 0.2) is 6.20 Å². The van der Waals surface area contributed by atoms with Gasteiger partial charge in [-0.25, -0.2) is 0 Å². The van der Waals surface area contributed by atoms with Crippen molar-refractivity contribution in [1.82, 2.24) is 24.9 Å². The van der Waals surface area contributed by atoms with Crippen LogP contribution >= 0.6 is 0 Å². The average Bonchev–Trinajstić information content (AvgIpc) is 3.16. The van der Waals surface area contributed by atoms with Crippen LogP contribution in [0.5, 0.6) is 0 Å². The molecule has 1 saturated carbocycles. The Hall–Kier alpha value is -1.40. The standard InChI is InChI=1S/C18H29N5O/c1-13-15(11-20-21(13)2)16-9-19-10-17(16)18(24)23-7-5-22(6-8-23)12-14-3-4-14/h11,14,16-17,19H,3-10,12H2,1-2H3/t16-,17+/m1/s1. The van der Waals surface area contributed by atoms with Crippen LogP contribution in [0, 0.1) is 18.8 Å². The fourth-order valence-corrected chi connectivity index (χ4v) is 4.20. The number of hydrogen-bond donors (Lipinski definition) is 1. The molecule has 4 rings (SSSR count). The van der Waals surface area contributed by atoms with Crippen molar-refractivity contribution in [3.63, 3.8) is 0 Å². The molecule has 0 spiro atoms. The van der Waals surface area contributed by atoms with Gasteiger partial charge in [0.2, 0.25) is 5.91 Å². The lowest BCUT2D eigenvalue weighted by Crippen LogP contribution is -2.51. The molecule has 3 fully saturated rings. The van der Waals surface area contributed by atoms with Gasteiger partial charge in [0.25, 0.3) is 0 Å². The van der Waals surface area contributed by atoms with Crippen molar-refractivity contribution in [2.45, 2.75) is 25.7 Å². The highest BCUT2D eigenvalue weighted by molar-refractivity contribution is 5.81. The van der Waals surface area contributed by atoms with Crippen LogP contribution in [0.2, 0.25) is 0 Å². The molecule has 1 amide bonds. The number of carbonyl (C=O) groups is 1. The van der Waals surface area contributed by atoms with Crippen LogP contribution in [0.25, 0.3) is 0 Å². The number of amides is 1. The fraction of sp³-hybridized carbons (Fsp3) is 0.778. The Bertz CT molecular complexity index is 601. The Morgan fingerprint density at radius 1 is 1.25 bits per heavy atom. The van der Waals surface area contributed by atoms with Crippen molar-refractivity contribution >= 4 is 5.91 Å². The summed E-state index contributed by atoms with van der Waals surface area (Å²) in [6.45, 7) is 8.87. The fourth-order valence-electron chi connectivity index (χ4n) is 4.20. The number of piperazine rings is 1. The lowest BCUT2D eigenvalue weighted by molar-refractivity contribution is -0.137. The van der Waals surface area contributed by atoms with E-state index in [4.69, 9.17) is 0 Å². The molecule has 1 N–H and O–H groups in total. The van der Waals surface area contributed by atoms with Crippen molar-refractivity contribution in [2.75, 3.05) is 45.8 Å². The molecule has 3 heterocycles. The number of rotatable bonds is 4. The molecule has 2 atom stereocenters. The van der Waals surface area contributed by atoms with Gasteiger partial charge in [-0.15, -0.1) is 0 Å². The maximum Gasteiger partial charge on any atom is 0.227 e. The van der Waals surface area contributed by atoms with Crippen molar-refractivity contribution in [2.24, 2.45) is 18.9 Å². The first-order chi connectivity index (χ1) is 11.6. The summed E-state index contributed by atoms with van der Waals surface area (Å²) in [7, 11) is 1.97. The van der Waals surface area contributed by atoms with Gasteiger partial charge in [-0.2, -0.15) is 5.10 Å². The van der Waals surface area contributed by atoms with Gasteiger partial charge in [0, 0.05) is 64.5 Å². The van der Waals surface area contributed by atoms with Crippen LogP contribution in [0.4, 0.5) is 0 Å². The molecular formula is C18H29N5O. The number of nitrogens with one attached hydrogen (secondary N) is 1. The van der Waals surface area contributed by atoms with Gasteiger partial charge in [-0.3, -0.25) is 14.4 Å². The van der Waals surface area contributed by atoms with E-state index < -0.39 is 0 Å². The summed E-state index contributed by atoms with van der Waals surface area (Å²) in [5.41, 5.74) is 2.41. The molecule has 6 heteroatoms. The second kappa shape index (κ2) is 6.48. The molecule has 1 aromatic heterocycles. The van der Waals surface area contributed by atoms with E-state index in [1.807, 2.05) is 17.9 Å². The van der Waals surface area contributed by atoms with E-state index in [1.54, 1.807) is 0 Å². The highest BCUT2D eigenvalue weighted by atomic mass is 16.2. The van der Waals surface area contributed by atoms with Gasteiger partial charge in [0.1, 0.15) is 0 Å². The maximum atomic E-state index is 13.1. The van der Waals surface area contributed by atoms with E-state index in [1.165, 1.54) is 30.6 Å². The predicted octanol–water partition coefficient (Wildman–Crippen LogP) is 0.586. The topological polar surface area (TPSA) is 53.4 Å². The summed E-state index contributed by atoms with van der Waals surface area (Å²) in [4.78, 5) is 17.7. The summed E-state index contributed by atoms with van der Waals surface area (Å²) in [6, 6.07) is 0. The van der Waals surface area contributed by atoms with Crippen molar-refractivity contribution < 1.29 is 4.79 Å². The summed E-state index contributed by atoms with van der Waals surface area (Å²) in [6.07, 6.45) is 4.75. The molecule has 0 unspecified atom stereocenters. The van der Waals surface area contributed by atoms with E-state index in [2.05, 4.69) is 27.1 Å². The van der Waals surface area contributed by atoms with E-state index in [-0.39, 0.29) is 11.8 Å². The molecule has 1 aliphatic carbocycles. The van der Waals surface area contributed by atoms with E-state index >= 15 is 0 Å². The third-order valence-corrected chi connectivity index (χ3v) is 6.10. The average molecular weight is 331 g/mol. The lowest BCUT2D eigenvalue weighted by Gasteiger charge is -2.36. The zero-order valence-corrected chi connectivity index (χ0v) is 14.9. The summed E-state index contributed by atoms with van der Waals surface area (Å²) >= 11 is 0. The van der Waals surface area contributed by atoms with Crippen molar-refractivity contribution in [3.05, 3.63) is 17.5 Å². The van der Waals surface area contributed by atoms with Crippen LogP contribution in [0.1, 0.15) is 30.0 Å². The zero-order valence-electron chi connectivity index (χ0n) is 14.9. The van der Waals surface area contributed by atoms with Gasteiger partial charge >= 0.3 is 0 Å². The Balaban J connectivity index is 1.39. The Labute approximate surface area is 144 Å². The van der Waals surface area contributed by atoms with E-state index in [0.717, 1.165) is 45.2 Å². The first-order valence-electron chi connectivity index (χ1n) is 9.34. The molecule has 3 aliphatic rings. The van der Waals surface area contributed by atoms with Crippen LogP contribution in [-0.4, -0.2) is 71.3 Å². The summed E-state index contributed by atoms with van der Waals surface area (Å²) < 4.78 is 1.91. The van der Waals surface area contributed by atoms with Crippen molar-refractivity contribution in [1.29, 1.82) is 0 Å².